The molecule has 0 fully saturated rings. The Morgan fingerprint density at radius 1 is 1.46 bits per heavy atom. The number of nitrogens with two attached hydrogens (primary N) is 1. The molecule has 0 unspecified atom stereocenters. The Bertz CT molecular complexity index is 418. The fourth-order valence-corrected chi connectivity index (χ4v) is 1.47. The fourth-order valence-electron chi connectivity index (χ4n) is 1.47. The maximum Gasteiger partial charge on any atom is 0.116 e. The summed E-state index contributed by atoms with van der Waals surface area (Å²) in [6.07, 6.45) is 0.973. The van der Waals surface area contributed by atoms with Crippen LogP contribution in [0.3, 0.4) is 0 Å². The Morgan fingerprint density at radius 3 is 3.00 bits per heavy atom. The van der Waals surface area contributed by atoms with Gasteiger partial charge in [-0.05, 0) is 18.1 Å². The molecule has 0 radical (unpaired) electrons. The summed E-state index contributed by atoms with van der Waals surface area (Å²) in [5, 5.41) is 8.06. The zero-order chi connectivity index (χ0) is 9.26. The number of hydrogen-bond acceptors (Lipinski definition) is 3. The van der Waals surface area contributed by atoms with Crippen LogP contribution in [0.2, 0.25) is 0 Å². The summed E-state index contributed by atoms with van der Waals surface area (Å²) in [6, 6.07) is 6.07. The van der Waals surface area contributed by atoms with E-state index >= 15 is 0 Å². The van der Waals surface area contributed by atoms with Gasteiger partial charge in [0, 0.05) is 0 Å². The molecule has 1 aromatic heterocycles. The van der Waals surface area contributed by atoms with E-state index in [2.05, 4.69) is 23.3 Å². The normalized spacial score (nSPS) is 10.9. The lowest BCUT2D eigenvalue weighted by atomic mass is 10.1. The van der Waals surface area contributed by atoms with Crippen LogP contribution >= 0.6 is 0 Å². The smallest absolute Gasteiger partial charge is 0.116 e. The van der Waals surface area contributed by atoms with Crippen LogP contribution < -0.4 is 5.73 Å². The van der Waals surface area contributed by atoms with Gasteiger partial charge in [0.2, 0.25) is 0 Å². The summed E-state index contributed by atoms with van der Waals surface area (Å²) in [5.41, 5.74) is 8.72. The SMILES string of the molecule is CCc1cccc2c1nnn2CN. The lowest BCUT2D eigenvalue weighted by Gasteiger charge is -1.98. The van der Waals surface area contributed by atoms with Crippen LogP contribution in [0.4, 0.5) is 0 Å². The van der Waals surface area contributed by atoms with Crippen molar-refractivity contribution in [3.63, 3.8) is 0 Å². The largest absolute Gasteiger partial charge is 0.312 e. The summed E-state index contributed by atoms with van der Waals surface area (Å²) < 4.78 is 1.70. The minimum atomic E-state index is 0.379. The van der Waals surface area contributed by atoms with Gasteiger partial charge in [-0.1, -0.05) is 24.3 Å². The van der Waals surface area contributed by atoms with Crippen molar-refractivity contribution in [3.8, 4) is 0 Å². The topological polar surface area (TPSA) is 56.7 Å². The number of aromatic nitrogens is 3. The number of aryl methyl sites for hydroxylation is 1. The van der Waals surface area contributed by atoms with Gasteiger partial charge in [0.05, 0.1) is 12.2 Å². The quantitative estimate of drug-likeness (QED) is 0.740. The van der Waals surface area contributed by atoms with E-state index < -0.39 is 0 Å². The Labute approximate surface area is 76.3 Å². The third-order valence-corrected chi connectivity index (χ3v) is 2.18. The Balaban J connectivity index is 2.72. The lowest BCUT2D eigenvalue weighted by Crippen LogP contribution is -2.08. The van der Waals surface area contributed by atoms with Crippen LogP contribution in [-0.2, 0) is 13.1 Å². The van der Waals surface area contributed by atoms with Crippen molar-refractivity contribution in [2.75, 3.05) is 0 Å². The van der Waals surface area contributed by atoms with Crippen molar-refractivity contribution in [1.29, 1.82) is 0 Å². The highest BCUT2D eigenvalue weighted by molar-refractivity contribution is 5.77. The van der Waals surface area contributed by atoms with Gasteiger partial charge in [-0.15, -0.1) is 5.10 Å². The molecule has 0 aliphatic rings. The van der Waals surface area contributed by atoms with E-state index in [0.717, 1.165) is 17.5 Å². The van der Waals surface area contributed by atoms with Crippen molar-refractivity contribution in [2.45, 2.75) is 20.0 Å². The van der Waals surface area contributed by atoms with Crippen molar-refractivity contribution in [2.24, 2.45) is 5.73 Å². The second kappa shape index (κ2) is 3.14. The third kappa shape index (κ3) is 1.19. The predicted molar refractivity (Wildman–Crippen MR) is 51.1 cm³/mol. The molecule has 0 aliphatic heterocycles. The van der Waals surface area contributed by atoms with E-state index in [1.165, 1.54) is 5.56 Å². The minimum absolute atomic E-state index is 0.379. The van der Waals surface area contributed by atoms with Crippen LogP contribution in [0.5, 0.6) is 0 Å². The van der Waals surface area contributed by atoms with Crippen LogP contribution in [0.15, 0.2) is 18.2 Å². The molecule has 68 valence electrons. The van der Waals surface area contributed by atoms with Gasteiger partial charge >= 0.3 is 0 Å². The van der Waals surface area contributed by atoms with E-state index in [9.17, 15) is 0 Å². The van der Waals surface area contributed by atoms with Crippen LogP contribution in [0.25, 0.3) is 11.0 Å². The molecule has 4 heteroatoms. The van der Waals surface area contributed by atoms with E-state index in [-0.39, 0.29) is 0 Å². The highest BCUT2D eigenvalue weighted by atomic mass is 15.4. The van der Waals surface area contributed by atoms with E-state index in [1.807, 2.05) is 12.1 Å². The standard InChI is InChI=1S/C9H12N4/c1-2-7-4-3-5-8-9(7)11-12-13(8)6-10/h3-5H,2,6,10H2,1H3. The first kappa shape index (κ1) is 8.19. The zero-order valence-corrected chi connectivity index (χ0v) is 7.57. The molecule has 0 spiro atoms. The predicted octanol–water partition coefficient (Wildman–Crippen LogP) is 0.910. The lowest BCUT2D eigenvalue weighted by molar-refractivity contribution is 0.627. The average molecular weight is 176 g/mol. The molecule has 2 aromatic rings. The summed E-state index contributed by atoms with van der Waals surface area (Å²) in [4.78, 5) is 0. The van der Waals surface area contributed by atoms with Crippen molar-refractivity contribution in [3.05, 3.63) is 23.8 Å². The molecule has 4 nitrogen and oxygen atoms in total. The van der Waals surface area contributed by atoms with E-state index in [1.54, 1.807) is 4.68 Å². The summed E-state index contributed by atoms with van der Waals surface area (Å²) in [7, 11) is 0. The second-order valence-electron chi connectivity index (χ2n) is 2.91. The summed E-state index contributed by atoms with van der Waals surface area (Å²) in [5.74, 6) is 0. The van der Waals surface area contributed by atoms with Crippen LogP contribution in [-0.4, -0.2) is 15.0 Å². The molecule has 1 heterocycles. The second-order valence-corrected chi connectivity index (χ2v) is 2.91. The minimum Gasteiger partial charge on any atom is -0.312 e. The van der Waals surface area contributed by atoms with Gasteiger partial charge in [-0.3, -0.25) is 0 Å². The summed E-state index contributed by atoms with van der Waals surface area (Å²) >= 11 is 0. The Kier molecular flexibility index (Phi) is 1.98. The molecular formula is C9H12N4. The molecule has 0 bridgehead atoms. The number of hydrogen-bond donors (Lipinski definition) is 1. The number of benzene rings is 1. The Morgan fingerprint density at radius 2 is 2.31 bits per heavy atom. The fraction of sp³-hybridized carbons (Fsp3) is 0.333. The van der Waals surface area contributed by atoms with Crippen LogP contribution in [0, 0.1) is 0 Å². The third-order valence-electron chi connectivity index (χ3n) is 2.18. The Hall–Kier alpha value is -1.42. The van der Waals surface area contributed by atoms with Crippen LogP contribution in [0.1, 0.15) is 12.5 Å². The highest BCUT2D eigenvalue weighted by Gasteiger charge is 2.05. The van der Waals surface area contributed by atoms with E-state index in [4.69, 9.17) is 5.73 Å². The van der Waals surface area contributed by atoms with Crippen molar-refractivity contribution < 1.29 is 0 Å². The van der Waals surface area contributed by atoms with Gasteiger partial charge in [0.1, 0.15) is 5.52 Å². The van der Waals surface area contributed by atoms with Gasteiger partial charge in [0.15, 0.2) is 0 Å². The molecule has 2 N–H and O–H groups in total. The first-order valence-electron chi connectivity index (χ1n) is 4.38. The number of nitrogens with zero attached hydrogens (tertiary/aromatic N) is 3. The summed E-state index contributed by atoms with van der Waals surface area (Å²) in [6.45, 7) is 2.49. The maximum absolute atomic E-state index is 5.51. The highest BCUT2D eigenvalue weighted by Crippen LogP contribution is 2.15. The maximum atomic E-state index is 5.51. The molecule has 13 heavy (non-hydrogen) atoms. The van der Waals surface area contributed by atoms with Gasteiger partial charge in [-0.25, -0.2) is 4.68 Å². The molecule has 0 saturated heterocycles. The first-order chi connectivity index (χ1) is 6.36. The number of fused-ring (bicyclic) bond motifs is 1. The van der Waals surface area contributed by atoms with Gasteiger partial charge < -0.3 is 5.73 Å². The molecule has 0 aliphatic carbocycles. The molecule has 2 rings (SSSR count). The van der Waals surface area contributed by atoms with E-state index in [0.29, 0.717) is 6.67 Å². The first-order valence-corrected chi connectivity index (χ1v) is 4.38. The molecule has 0 amide bonds. The number of rotatable bonds is 2. The molecule has 0 atom stereocenters. The van der Waals surface area contributed by atoms with Crippen molar-refractivity contribution in [1.82, 2.24) is 15.0 Å². The van der Waals surface area contributed by atoms with Crippen molar-refractivity contribution >= 4 is 11.0 Å². The van der Waals surface area contributed by atoms with Gasteiger partial charge in [0.25, 0.3) is 0 Å². The zero-order valence-electron chi connectivity index (χ0n) is 7.57. The van der Waals surface area contributed by atoms with Gasteiger partial charge in [-0.2, -0.15) is 0 Å². The average Bonchev–Trinajstić information content (AvgIpc) is 2.60. The molecular weight excluding hydrogens is 164 g/mol. The molecule has 0 saturated carbocycles. The monoisotopic (exact) mass is 176 g/mol. The molecule has 1 aromatic carbocycles.